The molecule has 12 heavy (non-hydrogen) atoms. The summed E-state index contributed by atoms with van der Waals surface area (Å²) in [4.78, 5) is 0. The van der Waals surface area contributed by atoms with Crippen molar-refractivity contribution < 1.29 is 25.3 Å². The molecule has 70 valence electrons. The Bertz CT molecular complexity index is 173. The van der Waals surface area contributed by atoms with Gasteiger partial charge in [0.25, 0.3) is 0 Å². The average Bonchev–Trinajstić information content (AvgIpc) is 2.33. The van der Waals surface area contributed by atoms with E-state index in [-0.39, 0.29) is 6.61 Å². The van der Waals surface area contributed by atoms with Crippen LogP contribution in [0.15, 0.2) is 5.16 Å². The molecule has 4 unspecified atom stereocenters. The van der Waals surface area contributed by atoms with E-state index in [4.69, 9.17) is 15.1 Å². The molecule has 0 aromatic carbocycles. The van der Waals surface area contributed by atoms with Crippen molar-refractivity contribution in [2.24, 2.45) is 5.16 Å². The molecular weight excluding hydrogens is 166 g/mol. The molecule has 1 saturated heterocycles. The Morgan fingerprint density at radius 3 is 2.42 bits per heavy atom. The SMILES string of the molecule is OCC1OC(C=NO)C(O)C1O. The molecule has 4 atom stereocenters. The molecule has 0 aromatic heterocycles. The molecule has 1 heterocycles. The van der Waals surface area contributed by atoms with Crippen molar-refractivity contribution in [1.82, 2.24) is 0 Å². The van der Waals surface area contributed by atoms with Crippen LogP contribution >= 0.6 is 0 Å². The van der Waals surface area contributed by atoms with Crippen molar-refractivity contribution in [1.29, 1.82) is 0 Å². The first-order valence-corrected chi connectivity index (χ1v) is 3.50. The highest BCUT2D eigenvalue weighted by Crippen LogP contribution is 2.19. The van der Waals surface area contributed by atoms with Crippen molar-refractivity contribution in [3.63, 3.8) is 0 Å². The molecule has 1 aliphatic heterocycles. The summed E-state index contributed by atoms with van der Waals surface area (Å²) in [5.74, 6) is 0. The van der Waals surface area contributed by atoms with Crippen LogP contribution in [0.2, 0.25) is 0 Å². The molecule has 0 bridgehead atoms. The Kier molecular flexibility index (Phi) is 2.99. The summed E-state index contributed by atoms with van der Waals surface area (Å²) in [7, 11) is 0. The highest BCUT2D eigenvalue weighted by Gasteiger charge is 2.41. The van der Waals surface area contributed by atoms with Gasteiger partial charge in [-0.05, 0) is 0 Å². The van der Waals surface area contributed by atoms with Crippen LogP contribution in [0.1, 0.15) is 0 Å². The predicted molar refractivity (Wildman–Crippen MR) is 38.0 cm³/mol. The van der Waals surface area contributed by atoms with Gasteiger partial charge in [0, 0.05) is 0 Å². The van der Waals surface area contributed by atoms with E-state index in [0.29, 0.717) is 0 Å². The number of aliphatic hydroxyl groups excluding tert-OH is 3. The zero-order valence-corrected chi connectivity index (χ0v) is 6.24. The van der Waals surface area contributed by atoms with Crippen molar-refractivity contribution in [2.45, 2.75) is 24.4 Å². The minimum atomic E-state index is -1.15. The van der Waals surface area contributed by atoms with E-state index in [9.17, 15) is 10.2 Å². The Labute approximate surface area is 68.7 Å². The van der Waals surface area contributed by atoms with Crippen molar-refractivity contribution in [3.8, 4) is 0 Å². The Morgan fingerprint density at radius 2 is 2.00 bits per heavy atom. The largest absolute Gasteiger partial charge is 0.411 e. The van der Waals surface area contributed by atoms with E-state index < -0.39 is 24.4 Å². The van der Waals surface area contributed by atoms with Gasteiger partial charge in [-0.2, -0.15) is 0 Å². The lowest BCUT2D eigenvalue weighted by atomic mass is 10.1. The van der Waals surface area contributed by atoms with Gasteiger partial charge in [-0.3, -0.25) is 0 Å². The molecule has 4 N–H and O–H groups in total. The molecule has 1 rings (SSSR count). The summed E-state index contributed by atoms with van der Waals surface area (Å²) in [6.45, 7) is -0.381. The van der Waals surface area contributed by atoms with Crippen LogP contribution in [0.3, 0.4) is 0 Å². The van der Waals surface area contributed by atoms with Crippen LogP contribution in [0.25, 0.3) is 0 Å². The monoisotopic (exact) mass is 177 g/mol. The molecule has 0 aliphatic carbocycles. The molecular formula is C6H11NO5. The van der Waals surface area contributed by atoms with Gasteiger partial charge in [-0.1, -0.05) is 5.16 Å². The normalized spacial score (nSPS) is 42.6. The molecule has 0 amide bonds. The van der Waals surface area contributed by atoms with E-state index in [0.717, 1.165) is 6.21 Å². The van der Waals surface area contributed by atoms with E-state index in [1.807, 2.05) is 0 Å². The number of rotatable bonds is 2. The third kappa shape index (κ3) is 1.56. The van der Waals surface area contributed by atoms with Crippen LogP contribution < -0.4 is 0 Å². The highest BCUT2D eigenvalue weighted by atomic mass is 16.6. The first-order chi connectivity index (χ1) is 5.70. The molecule has 6 nitrogen and oxygen atoms in total. The first kappa shape index (κ1) is 9.40. The Hall–Kier alpha value is -0.690. The summed E-state index contributed by atoms with van der Waals surface area (Å²) >= 11 is 0. The van der Waals surface area contributed by atoms with Crippen LogP contribution in [0, 0.1) is 0 Å². The Balaban J connectivity index is 2.60. The van der Waals surface area contributed by atoms with Gasteiger partial charge >= 0.3 is 0 Å². The second-order valence-electron chi connectivity index (χ2n) is 2.57. The molecule has 0 radical (unpaired) electrons. The minimum Gasteiger partial charge on any atom is -0.411 e. The number of aliphatic hydroxyl groups is 3. The number of oxime groups is 1. The molecule has 1 aliphatic rings. The standard InChI is InChI=1S/C6H11NO5/c8-2-4-6(10)5(9)3(12-4)1-7-11/h1,3-6,8-11H,2H2. The molecule has 1 fully saturated rings. The number of ether oxygens (including phenoxy) is 1. The van der Waals surface area contributed by atoms with Gasteiger partial charge in [-0.25, -0.2) is 0 Å². The number of nitrogens with zero attached hydrogens (tertiary/aromatic N) is 1. The Morgan fingerprint density at radius 1 is 1.33 bits per heavy atom. The van der Waals surface area contributed by atoms with E-state index in [1.54, 1.807) is 0 Å². The van der Waals surface area contributed by atoms with Gasteiger partial charge in [0.2, 0.25) is 0 Å². The lowest BCUT2D eigenvalue weighted by Crippen LogP contribution is -2.34. The highest BCUT2D eigenvalue weighted by molar-refractivity contribution is 5.64. The fraction of sp³-hybridized carbons (Fsp3) is 0.833. The summed E-state index contributed by atoms with van der Waals surface area (Å²) < 4.78 is 4.92. The van der Waals surface area contributed by atoms with Gasteiger partial charge in [0.15, 0.2) is 0 Å². The topological polar surface area (TPSA) is 103 Å². The summed E-state index contributed by atoms with van der Waals surface area (Å²) in [6.07, 6.45) is -3.01. The summed E-state index contributed by atoms with van der Waals surface area (Å²) in [5.41, 5.74) is 0. The van der Waals surface area contributed by atoms with Crippen molar-refractivity contribution in [3.05, 3.63) is 0 Å². The molecule has 6 heteroatoms. The lowest BCUT2D eigenvalue weighted by Gasteiger charge is -2.10. The van der Waals surface area contributed by atoms with Crippen LogP contribution in [-0.4, -0.2) is 57.8 Å². The second-order valence-corrected chi connectivity index (χ2v) is 2.57. The third-order valence-electron chi connectivity index (χ3n) is 1.79. The maximum Gasteiger partial charge on any atom is 0.125 e. The van der Waals surface area contributed by atoms with Crippen LogP contribution in [0.4, 0.5) is 0 Å². The zero-order chi connectivity index (χ0) is 9.14. The van der Waals surface area contributed by atoms with E-state index >= 15 is 0 Å². The summed E-state index contributed by atoms with van der Waals surface area (Å²) in [6, 6.07) is 0. The zero-order valence-electron chi connectivity index (χ0n) is 6.24. The number of hydrogen-bond donors (Lipinski definition) is 4. The van der Waals surface area contributed by atoms with Crippen molar-refractivity contribution in [2.75, 3.05) is 6.61 Å². The van der Waals surface area contributed by atoms with E-state index in [1.165, 1.54) is 0 Å². The number of hydrogen-bond acceptors (Lipinski definition) is 6. The van der Waals surface area contributed by atoms with Gasteiger partial charge < -0.3 is 25.3 Å². The van der Waals surface area contributed by atoms with Gasteiger partial charge in [-0.15, -0.1) is 0 Å². The fourth-order valence-corrected chi connectivity index (χ4v) is 1.12. The lowest BCUT2D eigenvalue weighted by molar-refractivity contribution is -0.00975. The quantitative estimate of drug-likeness (QED) is 0.220. The van der Waals surface area contributed by atoms with Crippen molar-refractivity contribution >= 4 is 6.21 Å². The fourth-order valence-electron chi connectivity index (χ4n) is 1.12. The third-order valence-corrected chi connectivity index (χ3v) is 1.79. The maximum absolute atomic E-state index is 9.20. The maximum atomic E-state index is 9.20. The molecule has 0 spiro atoms. The average molecular weight is 177 g/mol. The predicted octanol–water partition coefficient (Wildman–Crippen LogP) is -2.07. The van der Waals surface area contributed by atoms with Crippen LogP contribution in [0.5, 0.6) is 0 Å². The molecule has 0 aromatic rings. The van der Waals surface area contributed by atoms with E-state index in [2.05, 4.69) is 5.16 Å². The van der Waals surface area contributed by atoms with Gasteiger partial charge in [0.1, 0.15) is 24.4 Å². The summed E-state index contributed by atoms with van der Waals surface area (Å²) in [5, 5.41) is 37.8. The second kappa shape index (κ2) is 3.81. The molecule has 0 saturated carbocycles. The minimum absolute atomic E-state index is 0.381. The first-order valence-electron chi connectivity index (χ1n) is 3.50. The smallest absolute Gasteiger partial charge is 0.125 e. The van der Waals surface area contributed by atoms with Crippen LogP contribution in [-0.2, 0) is 4.74 Å². The van der Waals surface area contributed by atoms with Gasteiger partial charge in [0.05, 0.1) is 12.8 Å².